The molecule has 0 atom stereocenters. The standard InChI is InChI=1S/C52H83NO5/c1-4-7-10-13-16-19-22-25-28-31-38-53(39-32-29-26-23-20-17-14-11-8-5-2)43-34-36-45(47(54)41-43)49-51(56)50(52(49)57)46-37-35-44(42-48(46)55)58-40-33-30-27-24-21-18-15-12-9-6-3/h34-37,41-42H,4-33,38-40H2,1-3H3,(H2-,54,55,56,57)/p+1. The molecule has 0 spiro atoms. The number of aliphatic hydroxyl groups excluding tert-OH is 2. The van der Waals surface area contributed by atoms with Gasteiger partial charge in [-0.1, -0.05) is 188 Å². The van der Waals surface area contributed by atoms with Crippen molar-refractivity contribution in [2.24, 2.45) is 0 Å². The monoisotopic (exact) mass is 803 g/mol. The molecule has 6 nitrogen and oxygen atoms in total. The van der Waals surface area contributed by atoms with Gasteiger partial charge < -0.3 is 20.2 Å². The molecular formula is C52H84NO5+. The first-order valence-corrected chi connectivity index (χ1v) is 24.3. The first-order chi connectivity index (χ1) is 28.4. The fraction of sp³-hybridized carbons (Fsp3) is 0.692. The summed E-state index contributed by atoms with van der Waals surface area (Å²) in [5.74, 6) is -0.162. The molecule has 3 rings (SSSR count). The van der Waals surface area contributed by atoms with E-state index < -0.39 is 0 Å². The van der Waals surface area contributed by atoms with Gasteiger partial charge in [0, 0.05) is 48.5 Å². The zero-order chi connectivity index (χ0) is 41.6. The number of rotatable bonds is 35. The van der Waals surface area contributed by atoms with Crippen LogP contribution in [-0.2, 0) is 9.22 Å². The van der Waals surface area contributed by atoms with Crippen LogP contribution in [0.2, 0.25) is 0 Å². The maximum Gasteiger partial charge on any atom is 0.347 e. The molecule has 0 fully saturated rings. The van der Waals surface area contributed by atoms with Gasteiger partial charge in [0.1, 0.15) is 17.3 Å². The second-order valence-corrected chi connectivity index (χ2v) is 17.2. The van der Waals surface area contributed by atoms with Crippen molar-refractivity contribution in [3.05, 3.63) is 64.7 Å². The lowest BCUT2D eigenvalue weighted by molar-refractivity contribution is -0.456. The molecule has 3 N–H and O–H groups in total. The highest BCUT2D eigenvalue weighted by Crippen LogP contribution is 2.43. The summed E-state index contributed by atoms with van der Waals surface area (Å²) in [5, 5.41) is 33.2. The summed E-state index contributed by atoms with van der Waals surface area (Å²) < 4.78 is 5.89. The van der Waals surface area contributed by atoms with Gasteiger partial charge in [0.2, 0.25) is 5.78 Å². The first kappa shape index (κ1) is 49.1. The molecule has 0 radical (unpaired) electrons. The fourth-order valence-electron chi connectivity index (χ4n) is 8.37. The van der Waals surface area contributed by atoms with Crippen LogP contribution in [0, 0.1) is 0 Å². The van der Waals surface area contributed by atoms with Gasteiger partial charge in [-0.05, 0) is 37.5 Å². The Kier molecular flexibility index (Phi) is 26.0. The molecule has 326 valence electrons. The molecule has 0 saturated carbocycles. The van der Waals surface area contributed by atoms with Crippen LogP contribution >= 0.6 is 0 Å². The molecule has 58 heavy (non-hydrogen) atoms. The van der Waals surface area contributed by atoms with E-state index in [1.54, 1.807) is 24.3 Å². The molecule has 1 aromatic carbocycles. The van der Waals surface area contributed by atoms with Crippen molar-refractivity contribution in [3.63, 3.8) is 0 Å². The van der Waals surface area contributed by atoms with Crippen molar-refractivity contribution in [3.8, 4) is 5.75 Å². The molecule has 0 saturated heterocycles. The molecule has 0 aliphatic heterocycles. The normalized spacial score (nSPS) is 16.1. The summed E-state index contributed by atoms with van der Waals surface area (Å²) in [4.78, 5) is 15.9. The van der Waals surface area contributed by atoms with Crippen LogP contribution in [0.4, 0.5) is 5.69 Å². The van der Waals surface area contributed by atoms with Crippen LogP contribution in [0.15, 0.2) is 59.1 Å². The number of Topliss-reactive ketones (excluding diaryl/α,β-unsaturated/α-hetero) is 1. The second kappa shape index (κ2) is 30.7. The third-order valence-corrected chi connectivity index (χ3v) is 12.1. The minimum absolute atomic E-state index is 0.0115. The number of nitrogens with zero attached hydrogens (tertiary/aromatic N) is 1. The molecule has 6 heteroatoms. The van der Waals surface area contributed by atoms with Crippen molar-refractivity contribution in [1.82, 2.24) is 0 Å². The van der Waals surface area contributed by atoms with E-state index in [1.807, 2.05) is 6.07 Å². The number of unbranched alkanes of at least 4 members (excludes halogenated alkanes) is 27. The Morgan fingerprint density at radius 3 is 1.36 bits per heavy atom. The zero-order valence-corrected chi connectivity index (χ0v) is 37.4. The molecule has 1 aromatic rings. The van der Waals surface area contributed by atoms with E-state index in [-0.39, 0.29) is 39.8 Å². The smallest absolute Gasteiger partial charge is 0.347 e. The highest BCUT2D eigenvalue weighted by molar-refractivity contribution is 6.40. The summed E-state index contributed by atoms with van der Waals surface area (Å²) in [6.45, 7) is 9.24. The van der Waals surface area contributed by atoms with E-state index in [1.165, 1.54) is 173 Å². The van der Waals surface area contributed by atoms with E-state index in [2.05, 4.69) is 25.7 Å². The number of ketones is 2. The third-order valence-electron chi connectivity index (χ3n) is 12.1. The lowest BCUT2D eigenvalue weighted by Crippen LogP contribution is -2.26. The van der Waals surface area contributed by atoms with Crippen molar-refractivity contribution in [2.45, 2.75) is 213 Å². The summed E-state index contributed by atoms with van der Waals surface area (Å²) in [5.41, 5.74) is 1.71. The van der Waals surface area contributed by atoms with Gasteiger partial charge in [-0.15, -0.1) is 0 Å². The lowest BCUT2D eigenvalue weighted by atomic mass is 9.79. The summed E-state index contributed by atoms with van der Waals surface area (Å²) in [6.07, 6.45) is 43.4. The molecule has 0 heterocycles. The van der Waals surface area contributed by atoms with Crippen molar-refractivity contribution < 1.29 is 24.5 Å². The topological polar surface area (TPSA) is 92.3 Å². The maximum absolute atomic E-state index is 13.5. The molecular weight excluding hydrogens is 719 g/mol. The number of hydrogen-bond donors (Lipinski definition) is 3. The first-order valence-electron chi connectivity index (χ1n) is 24.3. The second-order valence-electron chi connectivity index (χ2n) is 17.2. The Morgan fingerprint density at radius 1 is 0.517 bits per heavy atom. The molecule has 2 aliphatic rings. The summed E-state index contributed by atoms with van der Waals surface area (Å²) >= 11 is 0. The number of carbonyl (C=O) groups is 1. The largest absolute Gasteiger partial charge is 0.507 e. The average Bonchev–Trinajstić information content (AvgIpc) is 3.22. The molecule has 0 unspecified atom stereocenters. The number of anilines is 1. The molecule has 0 amide bonds. The van der Waals surface area contributed by atoms with Crippen LogP contribution in [0.25, 0.3) is 5.57 Å². The lowest BCUT2D eigenvalue weighted by Gasteiger charge is -2.27. The Balaban J connectivity index is 1.55. The van der Waals surface area contributed by atoms with E-state index in [0.29, 0.717) is 18.0 Å². The van der Waals surface area contributed by atoms with E-state index in [4.69, 9.17) is 4.42 Å². The number of aliphatic hydroxyl groups is 2. The highest BCUT2D eigenvalue weighted by Gasteiger charge is 2.39. The van der Waals surface area contributed by atoms with E-state index in [0.717, 1.165) is 44.5 Å². The Bertz CT molecular complexity index is 1440. The Labute approximate surface area is 354 Å². The summed E-state index contributed by atoms with van der Waals surface area (Å²) in [7, 11) is 0. The van der Waals surface area contributed by atoms with Crippen molar-refractivity contribution >= 4 is 22.8 Å². The van der Waals surface area contributed by atoms with Crippen LogP contribution in [0.1, 0.15) is 219 Å². The van der Waals surface area contributed by atoms with Gasteiger partial charge in [-0.2, -0.15) is 0 Å². The summed E-state index contributed by atoms with van der Waals surface area (Å²) in [6, 6.07) is 5.50. The molecule has 0 aromatic heterocycles. The van der Waals surface area contributed by atoms with Crippen molar-refractivity contribution in [1.29, 1.82) is 0 Å². The molecule has 0 bridgehead atoms. The Morgan fingerprint density at radius 2 is 0.948 bits per heavy atom. The van der Waals surface area contributed by atoms with Gasteiger partial charge in [0.25, 0.3) is 6.61 Å². The highest BCUT2D eigenvalue weighted by atomic mass is 16.4. The van der Waals surface area contributed by atoms with Crippen LogP contribution in [0.5, 0.6) is 5.75 Å². The number of carbonyl (C=O) groups excluding carboxylic acids is 2. The average molecular weight is 803 g/mol. The van der Waals surface area contributed by atoms with Crippen LogP contribution in [0.3, 0.4) is 0 Å². The number of hydrogen-bond acceptors (Lipinski definition) is 5. The zero-order valence-electron chi connectivity index (χ0n) is 37.4. The van der Waals surface area contributed by atoms with Gasteiger partial charge in [-0.25, -0.2) is 0 Å². The van der Waals surface area contributed by atoms with E-state index >= 15 is 0 Å². The SMILES string of the molecule is CCCCCCCCCCCC/[O+]=C1C=C/C(=C2/C(=O)C(c3ccc(N(CCCCCCCCCCCC)CCCCCCCCCCCC)cc3O)=C2O)C(O)=C\1. The van der Waals surface area contributed by atoms with Gasteiger partial charge in [-0.3, -0.25) is 9.22 Å². The third kappa shape index (κ3) is 18.3. The van der Waals surface area contributed by atoms with E-state index in [9.17, 15) is 20.1 Å². The quantitative estimate of drug-likeness (QED) is 0.0361. The predicted molar refractivity (Wildman–Crippen MR) is 247 cm³/mol. The van der Waals surface area contributed by atoms with Gasteiger partial charge >= 0.3 is 5.78 Å². The molecule has 2 aliphatic carbocycles. The fourth-order valence-corrected chi connectivity index (χ4v) is 8.37. The predicted octanol–water partition coefficient (Wildman–Crippen LogP) is 15.2. The van der Waals surface area contributed by atoms with Gasteiger partial charge in [0.05, 0.1) is 17.2 Å². The van der Waals surface area contributed by atoms with Crippen LogP contribution in [-0.4, -0.2) is 46.6 Å². The van der Waals surface area contributed by atoms with Gasteiger partial charge in [0.15, 0.2) is 0 Å². The van der Waals surface area contributed by atoms with Crippen molar-refractivity contribution in [2.75, 3.05) is 24.6 Å². The number of benzene rings is 1. The Hall–Kier alpha value is -3.28. The number of aromatic hydroxyl groups is 1. The van der Waals surface area contributed by atoms with Crippen LogP contribution < -0.4 is 4.90 Å². The number of allylic oxidation sites excluding steroid dienone is 5. The number of phenols is 1. The number of phenolic OH excluding ortho intramolecular Hbond substituents is 1. The maximum atomic E-state index is 13.5. The minimum atomic E-state index is -0.387. The minimum Gasteiger partial charge on any atom is -0.507 e.